The second-order valence-corrected chi connectivity index (χ2v) is 4.96. The molecule has 0 spiro atoms. The molecule has 0 unspecified atom stereocenters. The maximum Gasteiger partial charge on any atom is 0.129 e. The summed E-state index contributed by atoms with van der Waals surface area (Å²) >= 11 is 0. The molecule has 0 fully saturated rings. The fraction of sp³-hybridized carbons (Fsp3) is 0.467. The maximum atomic E-state index is 14.0. The van der Waals surface area contributed by atoms with Crippen LogP contribution in [0.25, 0.3) is 0 Å². The van der Waals surface area contributed by atoms with Crippen LogP contribution in [0, 0.1) is 11.6 Å². The first-order chi connectivity index (χ1) is 8.68. The number of halogens is 2. The first kappa shape index (κ1) is 13.2. The van der Waals surface area contributed by atoms with Gasteiger partial charge in [0.25, 0.3) is 0 Å². The number of rotatable bonds is 5. The standard InChI is InChI=1S/C15H19F2N/c1-2-9-18-11-15(7-3-4-8-15)13-6-5-12(16)10-14(13)17/h3-6,10,18H,2,7-9,11H2,1H3. The number of nitrogens with one attached hydrogen (secondary N) is 1. The lowest BCUT2D eigenvalue weighted by Gasteiger charge is -2.30. The molecule has 2 rings (SSSR count). The summed E-state index contributed by atoms with van der Waals surface area (Å²) in [7, 11) is 0. The minimum atomic E-state index is -0.515. The molecule has 0 saturated carbocycles. The Morgan fingerprint density at radius 2 is 1.94 bits per heavy atom. The van der Waals surface area contributed by atoms with Crippen LogP contribution >= 0.6 is 0 Å². The SMILES string of the molecule is CCCNCC1(c2ccc(F)cc2F)CC=CC1. The molecule has 0 amide bonds. The van der Waals surface area contributed by atoms with Gasteiger partial charge in [0.15, 0.2) is 0 Å². The Balaban J connectivity index is 2.23. The monoisotopic (exact) mass is 251 g/mol. The molecule has 98 valence electrons. The molecule has 0 saturated heterocycles. The van der Waals surface area contributed by atoms with E-state index in [0.29, 0.717) is 5.56 Å². The molecule has 18 heavy (non-hydrogen) atoms. The Morgan fingerprint density at radius 3 is 2.56 bits per heavy atom. The van der Waals surface area contributed by atoms with Gasteiger partial charge in [0.05, 0.1) is 0 Å². The molecule has 0 heterocycles. The summed E-state index contributed by atoms with van der Waals surface area (Å²) < 4.78 is 27.0. The lowest BCUT2D eigenvalue weighted by atomic mass is 9.77. The molecule has 1 aromatic carbocycles. The molecule has 1 nitrogen and oxygen atoms in total. The molecular weight excluding hydrogens is 232 g/mol. The van der Waals surface area contributed by atoms with Crippen LogP contribution < -0.4 is 5.32 Å². The van der Waals surface area contributed by atoms with Crippen LogP contribution in [0.1, 0.15) is 31.7 Å². The predicted octanol–water partition coefficient (Wildman–Crippen LogP) is 3.55. The Kier molecular flexibility index (Phi) is 4.12. The third-order valence-electron chi connectivity index (χ3n) is 3.58. The quantitative estimate of drug-likeness (QED) is 0.623. The van der Waals surface area contributed by atoms with Crippen LogP contribution in [0.5, 0.6) is 0 Å². The highest BCUT2D eigenvalue weighted by molar-refractivity contribution is 5.32. The lowest BCUT2D eigenvalue weighted by molar-refractivity contribution is 0.398. The maximum absolute atomic E-state index is 14.0. The third-order valence-corrected chi connectivity index (χ3v) is 3.58. The molecule has 1 N–H and O–H groups in total. The molecule has 0 bridgehead atoms. The van der Waals surface area contributed by atoms with Crippen LogP contribution in [-0.4, -0.2) is 13.1 Å². The van der Waals surface area contributed by atoms with Crippen molar-refractivity contribution in [1.29, 1.82) is 0 Å². The smallest absolute Gasteiger partial charge is 0.129 e. The second kappa shape index (κ2) is 5.61. The summed E-state index contributed by atoms with van der Waals surface area (Å²) in [5.41, 5.74) is 0.380. The van der Waals surface area contributed by atoms with E-state index in [1.807, 2.05) is 0 Å². The molecule has 1 aromatic rings. The van der Waals surface area contributed by atoms with E-state index < -0.39 is 11.6 Å². The zero-order valence-electron chi connectivity index (χ0n) is 10.7. The third kappa shape index (κ3) is 2.61. The van der Waals surface area contributed by atoms with Crippen molar-refractivity contribution in [1.82, 2.24) is 5.32 Å². The first-order valence-corrected chi connectivity index (χ1v) is 6.49. The van der Waals surface area contributed by atoms with E-state index in [-0.39, 0.29) is 5.41 Å². The van der Waals surface area contributed by atoms with E-state index >= 15 is 0 Å². The van der Waals surface area contributed by atoms with Crippen LogP contribution in [0.15, 0.2) is 30.4 Å². The van der Waals surface area contributed by atoms with Crippen LogP contribution in [-0.2, 0) is 5.41 Å². The van der Waals surface area contributed by atoms with Crippen molar-refractivity contribution >= 4 is 0 Å². The van der Waals surface area contributed by atoms with E-state index in [4.69, 9.17) is 0 Å². The largest absolute Gasteiger partial charge is 0.316 e. The number of allylic oxidation sites excluding steroid dienone is 2. The van der Waals surface area contributed by atoms with Gasteiger partial charge in [-0.05, 0) is 37.4 Å². The Bertz CT molecular complexity index is 432. The minimum absolute atomic E-state index is 0.243. The van der Waals surface area contributed by atoms with Gasteiger partial charge in [0, 0.05) is 18.0 Å². The zero-order chi connectivity index (χ0) is 13.0. The van der Waals surface area contributed by atoms with Crippen LogP contribution in [0.2, 0.25) is 0 Å². The summed E-state index contributed by atoms with van der Waals surface area (Å²) in [5.74, 6) is -0.948. The van der Waals surface area contributed by atoms with E-state index in [2.05, 4.69) is 24.4 Å². The highest BCUT2D eigenvalue weighted by atomic mass is 19.1. The molecule has 1 aliphatic rings. The fourth-order valence-corrected chi connectivity index (χ4v) is 2.58. The van der Waals surface area contributed by atoms with Gasteiger partial charge >= 0.3 is 0 Å². The minimum Gasteiger partial charge on any atom is -0.316 e. The average molecular weight is 251 g/mol. The fourth-order valence-electron chi connectivity index (χ4n) is 2.58. The van der Waals surface area contributed by atoms with Crippen molar-refractivity contribution in [3.8, 4) is 0 Å². The van der Waals surface area contributed by atoms with Gasteiger partial charge in [-0.25, -0.2) is 8.78 Å². The van der Waals surface area contributed by atoms with Crippen LogP contribution in [0.4, 0.5) is 8.78 Å². The Hall–Kier alpha value is -1.22. The van der Waals surface area contributed by atoms with Gasteiger partial charge in [0.1, 0.15) is 11.6 Å². The number of hydrogen-bond donors (Lipinski definition) is 1. The van der Waals surface area contributed by atoms with Gasteiger partial charge in [-0.1, -0.05) is 25.1 Å². The van der Waals surface area contributed by atoms with Crippen molar-refractivity contribution in [3.05, 3.63) is 47.5 Å². The van der Waals surface area contributed by atoms with Crippen molar-refractivity contribution < 1.29 is 8.78 Å². The summed E-state index contributed by atoms with van der Waals surface area (Å²) in [5, 5.41) is 3.36. The molecule has 0 aromatic heterocycles. The first-order valence-electron chi connectivity index (χ1n) is 6.49. The van der Waals surface area contributed by atoms with Crippen molar-refractivity contribution in [2.75, 3.05) is 13.1 Å². The molecule has 1 aliphatic carbocycles. The number of hydrogen-bond acceptors (Lipinski definition) is 1. The Morgan fingerprint density at radius 1 is 1.22 bits per heavy atom. The van der Waals surface area contributed by atoms with Gasteiger partial charge in [-0.15, -0.1) is 0 Å². The van der Waals surface area contributed by atoms with E-state index in [1.165, 1.54) is 6.07 Å². The van der Waals surface area contributed by atoms with Crippen LogP contribution in [0.3, 0.4) is 0 Å². The predicted molar refractivity (Wildman–Crippen MR) is 69.6 cm³/mol. The van der Waals surface area contributed by atoms with Crippen molar-refractivity contribution in [2.45, 2.75) is 31.6 Å². The lowest BCUT2D eigenvalue weighted by Crippen LogP contribution is -2.37. The van der Waals surface area contributed by atoms with Gasteiger partial charge in [0.2, 0.25) is 0 Å². The van der Waals surface area contributed by atoms with E-state index in [0.717, 1.165) is 38.4 Å². The molecule has 3 heteroatoms. The summed E-state index contributed by atoms with van der Waals surface area (Å²) in [4.78, 5) is 0. The van der Waals surface area contributed by atoms with Crippen molar-refractivity contribution in [2.24, 2.45) is 0 Å². The Labute approximate surface area is 107 Å². The average Bonchev–Trinajstić information content (AvgIpc) is 2.79. The van der Waals surface area contributed by atoms with Gasteiger partial charge < -0.3 is 5.32 Å². The normalized spacial score (nSPS) is 17.3. The number of benzene rings is 1. The van der Waals surface area contributed by atoms with Gasteiger partial charge in [-0.2, -0.15) is 0 Å². The second-order valence-electron chi connectivity index (χ2n) is 4.96. The molecule has 0 radical (unpaired) electrons. The summed E-state index contributed by atoms with van der Waals surface area (Å²) in [6, 6.07) is 3.92. The highest BCUT2D eigenvalue weighted by Crippen LogP contribution is 2.38. The summed E-state index contributed by atoms with van der Waals surface area (Å²) in [6.07, 6.45) is 6.83. The topological polar surface area (TPSA) is 12.0 Å². The van der Waals surface area contributed by atoms with Crippen molar-refractivity contribution in [3.63, 3.8) is 0 Å². The highest BCUT2D eigenvalue weighted by Gasteiger charge is 2.34. The summed E-state index contributed by atoms with van der Waals surface area (Å²) in [6.45, 7) is 3.76. The molecule has 0 aliphatic heterocycles. The van der Waals surface area contributed by atoms with E-state index in [1.54, 1.807) is 6.07 Å². The molecular formula is C15H19F2N. The van der Waals surface area contributed by atoms with Gasteiger partial charge in [-0.3, -0.25) is 0 Å². The molecule has 0 atom stereocenters. The zero-order valence-corrected chi connectivity index (χ0v) is 10.7. The van der Waals surface area contributed by atoms with E-state index in [9.17, 15) is 8.78 Å².